The molecule has 4 N–H and O–H groups in total. The van der Waals surface area contributed by atoms with E-state index in [1.165, 1.54) is 6.08 Å². The molecule has 2 bridgehead atoms. The quantitative estimate of drug-likeness (QED) is 0.371. The van der Waals surface area contributed by atoms with Crippen LogP contribution in [0.1, 0.15) is 60.8 Å². The van der Waals surface area contributed by atoms with Crippen molar-refractivity contribution in [1.82, 2.24) is 0 Å². The van der Waals surface area contributed by atoms with E-state index in [2.05, 4.69) is 0 Å². The Labute approximate surface area is 222 Å². The smallest absolute Gasteiger partial charge is 0.348 e. The average molecular weight is 537 g/mol. The highest BCUT2D eigenvalue weighted by molar-refractivity contribution is 5.96. The van der Waals surface area contributed by atoms with Crippen LogP contribution in [-0.2, 0) is 28.6 Å². The summed E-state index contributed by atoms with van der Waals surface area (Å²) in [6.07, 6.45) is -3.49. The second-order valence-electron chi connectivity index (χ2n) is 12.9. The second-order valence-corrected chi connectivity index (χ2v) is 12.9. The molecule has 5 aliphatic rings. The number of rotatable bonds is 5. The van der Waals surface area contributed by atoms with Gasteiger partial charge in [-0.3, -0.25) is 9.59 Å². The van der Waals surface area contributed by atoms with Gasteiger partial charge in [-0.25, -0.2) is 4.79 Å². The van der Waals surface area contributed by atoms with E-state index < -0.39 is 88.0 Å². The molecule has 10 nitrogen and oxygen atoms in total. The number of fused-ring (bicyclic) bond motifs is 1. The zero-order valence-corrected chi connectivity index (χ0v) is 22.8. The molecular weight excluding hydrogens is 496 g/mol. The molecule has 2 saturated carbocycles. The van der Waals surface area contributed by atoms with Crippen molar-refractivity contribution in [3.63, 3.8) is 0 Å². The Kier molecular flexibility index (Phi) is 6.25. The normalized spacial score (nSPS) is 49.0. The summed E-state index contributed by atoms with van der Waals surface area (Å²) in [5, 5.41) is 45.5. The van der Waals surface area contributed by atoms with Gasteiger partial charge in [0.05, 0.1) is 18.6 Å². The molecule has 0 amide bonds. The summed E-state index contributed by atoms with van der Waals surface area (Å²) < 4.78 is 17.7. The van der Waals surface area contributed by atoms with Gasteiger partial charge in [0.2, 0.25) is 6.10 Å². The molecular formula is C28H40O10. The van der Waals surface area contributed by atoms with E-state index in [9.17, 15) is 34.8 Å². The standard InChI is InChI=1S/C28H40O10/c1-7-26(34,12(2)3)10-18(30)38-20-19-14(5)21(31)28(35)24-25(6)15(13(4)8-16(29)22(25)32)9-17(37-23(20)33)27(19,24)11-36-28/h8,12,14-15,17,19-22,24,31-32,34-35H,7,9-11H2,1-6H3/t14-,15+,17-,19-,20-,21-,22-,24-,25-,26-,27+,28-/m1/s1. The highest BCUT2D eigenvalue weighted by Gasteiger charge is 2.83. The molecule has 0 aromatic heterocycles. The molecule has 212 valence electrons. The summed E-state index contributed by atoms with van der Waals surface area (Å²) in [5.41, 5.74) is -3.00. The zero-order chi connectivity index (χ0) is 28.2. The lowest BCUT2D eigenvalue weighted by Gasteiger charge is -2.68. The predicted molar refractivity (Wildman–Crippen MR) is 131 cm³/mol. The molecule has 5 rings (SSSR count). The van der Waals surface area contributed by atoms with Gasteiger partial charge in [0.25, 0.3) is 0 Å². The van der Waals surface area contributed by atoms with Crippen molar-refractivity contribution in [1.29, 1.82) is 0 Å². The number of aliphatic hydroxyl groups is 4. The van der Waals surface area contributed by atoms with Crippen molar-refractivity contribution < 1.29 is 49.0 Å². The van der Waals surface area contributed by atoms with Crippen molar-refractivity contribution in [2.75, 3.05) is 6.61 Å². The van der Waals surface area contributed by atoms with Gasteiger partial charge in [0.1, 0.15) is 18.3 Å². The minimum atomic E-state index is -2.11. The number of esters is 2. The van der Waals surface area contributed by atoms with Gasteiger partial charge < -0.3 is 34.6 Å². The molecule has 38 heavy (non-hydrogen) atoms. The Morgan fingerprint density at radius 2 is 1.95 bits per heavy atom. The summed E-state index contributed by atoms with van der Waals surface area (Å²) in [4.78, 5) is 39.4. The number of hydrogen-bond acceptors (Lipinski definition) is 10. The Morgan fingerprint density at radius 1 is 1.29 bits per heavy atom. The van der Waals surface area contributed by atoms with E-state index in [4.69, 9.17) is 14.2 Å². The first-order chi connectivity index (χ1) is 17.6. The highest BCUT2D eigenvalue weighted by atomic mass is 16.7. The van der Waals surface area contributed by atoms with Crippen LogP contribution in [-0.4, -0.2) is 80.6 Å². The molecule has 10 heteroatoms. The summed E-state index contributed by atoms with van der Waals surface area (Å²) in [6, 6.07) is 0. The fourth-order valence-electron chi connectivity index (χ4n) is 8.90. The molecule has 0 aromatic rings. The van der Waals surface area contributed by atoms with E-state index in [0.29, 0.717) is 12.0 Å². The van der Waals surface area contributed by atoms with E-state index in [-0.39, 0.29) is 25.4 Å². The molecule has 4 fully saturated rings. The Balaban J connectivity index is 1.60. The number of carbonyl (C=O) groups excluding carboxylic acids is 3. The van der Waals surface area contributed by atoms with E-state index in [1.54, 1.807) is 41.5 Å². The lowest BCUT2D eigenvalue weighted by atomic mass is 9.38. The maximum atomic E-state index is 13.4. The van der Waals surface area contributed by atoms with Crippen LogP contribution in [0.2, 0.25) is 0 Å². The molecule has 1 spiro atoms. The topological polar surface area (TPSA) is 160 Å². The predicted octanol–water partition coefficient (Wildman–Crippen LogP) is 0.875. The van der Waals surface area contributed by atoms with E-state index in [0.717, 1.165) is 0 Å². The number of ether oxygens (including phenoxy) is 3. The van der Waals surface area contributed by atoms with Crippen molar-refractivity contribution in [3.8, 4) is 0 Å². The number of ketones is 1. The Bertz CT molecular complexity index is 1090. The SMILES string of the molecule is CC[C@@](O)(CC(=O)O[C@H]1C(=O)O[C@@H]2C[C@H]3C(C)=CC(=O)[C@@H](O)[C@]3(C)[C@H]3[C@]4(O)OC[C@]32[C@@H]1[C@@H](C)[C@H]4O)C(C)C. The fraction of sp³-hybridized carbons (Fsp3) is 0.821. The lowest BCUT2D eigenvalue weighted by Crippen LogP contribution is -2.78. The summed E-state index contributed by atoms with van der Waals surface area (Å²) in [5.74, 6) is -7.37. The summed E-state index contributed by atoms with van der Waals surface area (Å²) in [7, 11) is 0. The van der Waals surface area contributed by atoms with E-state index in [1.807, 2.05) is 0 Å². The molecule has 2 heterocycles. The van der Waals surface area contributed by atoms with Crippen LogP contribution in [0.5, 0.6) is 0 Å². The van der Waals surface area contributed by atoms with Gasteiger partial charge in [-0.15, -0.1) is 0 Å². The van der Waals surface area contributed by atoms with Crippen molar-refractivity contribution >= 4 is 17.7 Å². The molecule has 0 aromatic carbocycles. The summed E-state index contributed by atoms with van der Waals surface area (Å²) in [6.45, 7) is 10.4. The summed E-state index contributed by atoms with van der Waals surface area (Å²) >= 11 is 0. The zero-order valence-electron chi connectivity index (χ0n) is 22.8. The third-order valence-corrected chi connectivity index (χ3v) is 11.0. The van der Waals surface area contributed by atoms with Crippen LogP contribution >= 0.6 is 0 Å². The van der Waals surface area contributed by atoms with Crippen LogP contribution in [0.25, 0.3) is 0 Å². The van der Waals surface area contributed by atoms with Crippen LogP contribution in [0.15, 0.2) is 11.6 Å². The number of carbonyl (C=O) groups is 3. The average Bonchev–Trinajstić information content (AvgIpc) is 3.13. The highest BCUT2D eigenvalue weighted by Crippen LogP contribution is 2.73. The van der Waals surface area contributed by atoms with Crippen LogP contribution in [0, 0.1) is 40.4 Å². The molecule has 0 unspecified atom stereocenters. The van der Waals surface area contributed by atoms with Gasteiger partial charge in [-0.2, -0.15) is 0 Å². The van der Waals surface area contributed by atoms with Crippen LogP contribution in [0.4, 0.5) is 0 Å². The van der Waals surface area contributed by atoms with Crippen LogP contribution in [0.3, 0.4) is 0 Å². The third kappa shape index (κ3) is 3.27. The number of hydrogen-bond donors (Lipinski definition) is 4. The van der Waals surface area contributed by atoms with Gasteiger partial charge in [-0.05, 0) is 43.6 Å². The van der Waals surface area contributed by atoms with Gasteiger partial charge in [0.15, 0.2) is 11.6 Å². The maximum absolute atomic E-state index is 13.4. The second kappa shape index (κ2) is 8.57. The minimum absolute atomic E-state index is 0.108. The Hall–Kier alpha value is -1.85. The van der Waals surface area contributed by atoms with Gasteiger partial charge >= 0.3 is 11.9 Å². The van der Waals surface area contributed by atoms with Crippen LogP contribution < -0.4 is 0 Å². The van der Waals surface area contributed by atoms with Crippen molar-refractivity contribution in [2.45, 2.75) is 96.6 Å². The monoisotopic (exact) mass is 536 g/mol. The first kappa shape index (κ1) is 27.7. The first-order valence-corrected chi connectivity index (χ1v) is 13.7. The first-order valence-electron chi connectivity index (χ1n) is 13.7. The van der Waals surface area contributed by atoms with E-state index >= 15 is 0 Å². The largest absolute Gasteiger partial charge is 0.459 e. The maximum Gasteiger partial charge on any atom is 0.348 e. The molecule has 2 aliphatic heterocycles. The fourth-order valence-corrected chi connectivity index (χ4v) is 8.90. The molecule has 2 saturated heterocycles. The number of aliphatic hydroxyl groups excluding tert-OH is 2. The lowest BCUT2D eigenvalue weighted by molar-refractivity contribution is -0.340. The van der Waals surface area contributed by atoms with Gasteiger partial charge in [-0.1, -0.05) is 40.2 Å². The van der Waals surface area contributed by atoms with Crippen molar-refractivity contribution in [2.24, 2.45) is 40.4 Å². The molecule has 0 radical (unpaired) electrons. The van der Waals surface area contributed by atoms with Gasteiger partial charge in [0, 0.05) is 22.7 Å². The minimum Gasteiger partial charge on any atom is -0.459 e. The molecule has 12 atom stereocenters. The van der Waals surface area contributed by atoms with Crippen molar-refractivity contribution in [3.05, 3.63) is 11.6 Å². The Morgan fingerprint density at radius 3 is 2.55 bits per heavy atom. The number of allylic oxidation sites excluding steroid dienone is 1. The molecule has 3 aliphatic carbocycles. The third-order valence-electron chi connectivity index (χ3n) is 11.0.